The van der Waals surface area contributed by atoms with Crippen molar-refractivity contribution in [3.63, 3.8) is 0 Å². The number of nitrogens with zero attached hydrogens (tertiary/aromatic N) is 1. The van der Waals surface area contributed by atoms with Gasteiger partial charge < -0.3 is 40.6 Å². The van der Waals surface area contributed by atoms with E-state index >= 15 is 0 Å². The van der Waals surface area contributed by atoms with E-state index in [-0.39, 0.29) is 0 Å². The number of aliphatic carboxylic acids is 1. The summed E-state index contributed by atoms with van der Waals surface area (Å²) in [6.07, 6.45) is -8.00. The Labute approximate surface area is 106 Å². The number of oxime groups is 1. The number of hydrogen-bond donors (Lipinski definition) is 7. The molecule has 5 atom stereocenters. The zero-order chi connectivity index (χ0) is 14.8. The van der Waals surface area contributed by atoms with Gasteiger partial charge in [-0.3, -0.25) is 0 Å². The van der Waals surface area contributed by atoms with Crippen LogP contribution < -0.4 is 0 Å². The molecule has 1 aliphatic rings. The molecule has 0 aromatic carbocycles. The summed E-state index contributed by atoms with van der Waals surface area (Å²) in [4.78, 5) is 10.9. The van der Waals surface area contributed by atoms with Crippen LogP contribution in [0.1, 0.15) is 6.42 Å². The number of rotatable bonds is 4. The summed E-state index contributed by atoms with van der Waals surface area (Å²) in [6, 6.07) is 0. The Bertz CT molecular complexity index is 373. The molecule has 0 radical (unpaired) electrons. The Hall–Kier alpha value is -1.30. The molecule has 10 nitrogen and oxygen atoms in total. The highest BCUT2D eigenvalue weighted by atomic mass is 16.7. The summed E-state index contributed by atoms with van der Waals surface area (Å²) < 4.78 is 4.66. The van der Waals surface area contributed by atoms with E-state index in [0.717, 1.165) is 0 Å². The fraction of sp³-hybridized carbons (Fsp3) is 0.778. The van der Waals surface area contributed by atoms with E-state index in [1.165, 1.54) is 0 Å². The van der Waals surface area contributed by atoms with E-state index in [1.54, 1.807) is 0 Å². The van der Waals surface area contributed by atoms with Gasteiger partial charge in [0.25, 0.3) is 5.79 Å². The van der Waals surface area contributed by atoms with Crippen LogP contribution >= 0.6 is 0 Å². The Morgan fingerprint density at radius 2 is 2.11 bits per heavy atom. The smallest absolute Gasteiger partial charge is 0.364 e. The van der Waals surface area contributed by atoms with Crippen molar-refractivity contribution in [3.8, 4) is 0 Å². The van der Waals surface area contributed by atoms with Gasteiger partial charge in [0.15, 0.2) is 0 Å². The third-order valence-electron chi connectivity index (χ3n) is 2.78. The number of hydrogen-bond acceptors (Lipinski definition) is 9. The van der Waals surface area contributed by atoms with Crippen molar-refractivity contribution in [2.24, 2.45) is 5.16 Å². The highest BCUT2D eigenvalue weighted by Crippen LogP contribution is 2.28. The van der Waals surface area contributed by atoms with Gasteiger partial charge in [0, 0.05) is 0 Å². The standard InChI is InChI=1S/C9H15NO9/c11-2-4(12)6(14)7-5(13)3(10-18)1-9(17,19-7)8(15)16/h4-7,11-14,17-18H,1-2H2,(H,15,16)/b10-3+/t4-,5-,6-,7-,9+/m1/s1. The predicted octanol–water partition coefficient (Wildman–Crippen LogP) is -3.55. The lowest BCUT2D eigenvalue weighted by molar-refractivity contribution is -0.272. The van der Waals surface area contributed by atoms with Crippen LogP contribution in [-0.4, -0.2) is 84.3 Å². The minimum Gasteiger partial charge on any atom is -0.477 e. The highest BCUT2D eigenvalue weighted by molar-refractivity contribution is 5.94. The molecule has 10 heteroatoms. The van der Waals surface area contributed by atoms with Gasteiger partial charge in [-0.25, -0.2) is 4.79 Å². The van der Waals surface area contributed by atoms with Crippen LogP contribution in [0.4, 0.5) is 0 Å². The zero-order valence-electron chi connectivity index (χ0n) is 9.62. The Kier molecular flexibility index (Phi) is 4.79. The lowest BCUT2D eigenvalue weighted by Gasteiger charge is -2.40. The van der Waals surface area contributed by atoms with E-state index in [4.69, 9.17) is 15.4 Å². The normalized spacial score (nSPS) is 37.0. The molecular formula is C9H15NO9. The Morgan fingerprint density at radius 3 is 2.53 bits per heavy atom. The largest absolute Gasteiger partial charge is 0.477 e. The second-order valence-corrected chi connectivity index (χ2v) is 4.13. The van der Waals surface area contributed by atoms with Gasteiger partial charge in [0.2, 0.25) is 0 Å². The van der Waals surface area contributed by atoms with Crippen molar-refractivity contribution >= 4 is 11.7 Å². The molecule has 0 aromatic heterocycles. The van der Waals surface area contributed by atoms with Crippen LogP contribution in [0.25, 0.3) is 0 Å². The van der Waals surface area contributed by atoms with E-state index in [1.807, 2.05) is 0 Å². The van der Waals surface area contributed by atoms with E-state index in [2.05, 4.69) is 9.89 Å². The number of carboxylic acid groups (broad SMARTS) is 1. The third kappa shape index (κ3) is 3.00. The molecule has 0 bridgehead atoms. The van der Waals surface area contributed by atoms with Gasteiger partial charge in [-0.1, -0.05) is 5.16 Å². The van der Waals surface area contributed by atoms with E-state index in [9.17, 15) is 25.2 Å². The van der Waals surface area contributed by atoms with Crippen molar-refractivity contribution < 1.29 is 45.4 Å². The molecule has 1 heterocycles. The van der Waals surface area contributed by atoms with Crippen LogP contribution in [0.5, 0.6) is 0 Å². The average Bonchev–Trinajstić information content (AvgIpc) is 2.39. The van der Waals surface area contributed by atoms with Crippen molar-refractivity contribution in [1.29, 1.82) is 0 Å². The first-order chi connectivity index (χ1) is 8.76. The number of aliphatic hydroxyl groups excluding tert-OH is 4. The zero-order valence-corrected chi connectivity index (χ0v) is 9.62. The molecule has 0 aromatic rings. The first-order valence-electron chi connectivity index (χ1n) is 5.26. The van der Waals surface area contributed by atoms with E-state index in [0.29, 0.717) is 0 Å². The number of ether oxygens (including phenoxy) is 1. The molecule has 0 saturated carbocycles. The van der Waals surface area contributed by atoms with E-state index < -0.39 is 54.9 Å². The van der Waals surface area contributed by atoms with Crippen molar-refractivity contribution in [2.75, 3.05) is 6.61 Å². The first-order valence-corrected chi connectivity index (χ1v) is 5.26. The SMILES string of the molecule is O=C(O)[C@]1(O)C/C(=N\O)[C@@H](O)[C@H]([C@H](O)[C@H](O)CO)O1. The molecule has 1 rings (SSSR count). The highest BCUT2D eigenvalue weighted by Gasteiger charge is 2.52. The van der Waals surface area contributed by atoms with Crippen LogP contribution in [0.15, 0.2) is 5.16 Å². The maximum absolute atomic E-state index is 10.9. The average molecular weight is 281 g/mol. The fourth-order valence-electron chi connectivity index (χ4n) is 1.67. The molecule has 7 N–H and O–H groups in total. The number of aliphatic hydroxyl groups is 5. The predicted molar refractivity (Wildman–Crippen MR) is 56.4 cm³/mol. The van der Waals surface area contributed by atoms with Crippen molar-refractivity contribution in [3.05, 3.63) is 0 Å². The fourth-order valence-corrected chi connectivity index (χ4v) is 1.67. The summed E-state index contributed by atoms with van der Waals surface area (Å²) in [6.45, 7) is -0.884. The maximum Gasteiger partial charge on any atom is 0.364 e. The molecule has 19 heavy (non-hydrogen) atoms. The molecule has 110 valence electrons. The molecule has 1 fully saturated rings. The van der Waals surface area contributed by atoms with Gasteiger partial charge in [0.05, 0.1) is 18.7 Å². The van der Waals surface area contributed by atoms with Crippen molar-refractivity contribution in [2.45, 2.75) is 36.6 Å². The van der Waals surface area contributed by atoms with Crippen molar-refractivity contribution in [1.82, 2.24) is 0 Å². The first kappa shape index (κ1) is 15.8. The quantitative estimate of drug-likeness (QED) is 0.203. The molecule has 0 amide bonds. The second kappa shape index (κ2) is 5.77. The van der Waals surface area contributed by atoms with Crippen LogP contribution in [0.3, 0.4) is 0 Å². The van der Waals surface area contributed by atoms with Crippen LogP contribution in [-0.2, 0) is 9.53 Å². The van der Waals surface area contributed by atoms with Gasteiger partial charge in [0.1, 0.15) is 24.4 Å². The lowest BCUT2D eigenvalue weighted by Crippen LogP contribution is -2.61. The van der Waals surface area contributed by atoms with Gasteiger partial charge in [-0.15, -0.1) is 0 Å². The summed E-state index contributed by atoms with van der Waals surface area (Å²) >= 11 is 0. The van der Waals surface area contributed by atoms with Gasteiger partial charge in [-0.2, -0.15) is 0 Å². The second-order valence-electron chi connectivity index (χ2n) is 4.13. The summed E-state index contributed by atoms with van der Waals surface area (Å²) in [7, 11) is 0. The maximum atomic E-state index is 10.9. The summed E-state index contributed by atoms with van der Waals surface area (Å²) in [5.41, 5.74) is -0.537. The Balaban J connectivity index is 3.05. The molecular weight excluding hydrogens is 266 g/mol. The third-order valence-corrected chi connectivity index (χ3v) is 2.78. The minimum atomic E-state index is -2.82. The molecule has 0 spiro atoms. The summed E-state index contributed by atoms with van der Waals surface area (Å²) in [5, 5.41) is 67.0. The van der Waals surface area contributed by atoms with Crippen LogP contribution in [0.2, 0.25) is 0 Å². The molecule has 0 aliphatic carbocycles. The van der Waals surface area contributed by atoms with Gasteiger partial charge >= 0.3 is 5.97 Å². The molecule has 1 saturated heterocycles. The minimum absolute atomic E-state index is 0.537. The monoisotopic (exact) mass is 281 g/mol. The Morgan fingerprint density at radius 1 is 1.53 bits per heavy atom. The molecule has 1 aliphatic heterocycles. The number of carboxylic acids is 1. The molecule has 0 unspecified atom stereocenters. The lowest BCUT2D eigenvalue weighted by atomic mass is 9.91. The van der Waals surface area contributed by atoms with Gasteiger partial charge in [-0.05, 0) is 0 Å². The summed E-state index contributed by atoms with van der Waals surface area (Å²) in [5.74, 6) is -4.64. The topological polar surface area (TPSA) is 180 Å². The number of carbonyl (C=O) groups is 1. The van der Waals surface area contributed by atoms with Crippen LogP contribution in [0, 0.1) is 0 Å².